The molecule has 0 unspecified atom stereocenters. The van der Waals surface area contributed by atoms with Crippen molar-refractivity contribution in [3.8, 4) is 0 Å². The molecule has 3 nitrogen and oxygen atoms in total. The van der Waals surface area contributed by atoms with Gasteiger partial charge >= 0.3 is 48.5 Å². The van der Waals surface area contributed by atoms with Crippen molar-refractivity contribution in [3.05, 3.63) is 0 Å². The first kappa shape index (κ1) is 21.3. The van der Waals surface area contributed by atoms with E-state index in [0.717, 1.165) is 0 Å². The van der Waals surface area contributed by atoms with E-state index in [1.807, 2.05) is 0 Å². The van der Waals surface area contributed by atoms with Crippen molar-refractivity contribution in [1.29, 1.82) is 0 Å². The standard InChI is InChI=1S/C8H2F12O3/c9-1(10)5(13,14)7(17,18)3(21)23-4(22)8(19,20)6(15,16)2(11)12/h1-2H. The lowest BCUT2D eigenvalue weighted by Gasteiger charge is -2.26. The number of esters is 2. The van der Waals surface area contributed by atoms with Gasteiger partial charge in [0, 0.05) is 0 Å². The van der Waals surface area contributed by atoms with Gasteiger partial charge in [0.1, 0.15) is 0 Å². The monoisotopic (exact) mass is 374 g/mol. The van der Waals surface area contributed by atoms with Gasteiger partial charge in [-0.2, -0.15) is 35.1 Å². The van der Waals surface area contributed by atoms with Crippen molar-refractivity contribution in [2.24, 2.45) is 0 Å². The van der Waals surface area contributed by atoms with Gasteiger partial charge in [-0.1, -0.05) is 0 Å². The zero-order valence-electron chi connectivity index (χ0n) is 9.92. The van der Waals surface area contributed by atoms with Crippen molar-refractivity contribution in [2.45, 2.75) is 36.5 Å². The summed E-state index contributed by atoms with van der Waals surface area (Å²) in [6.07, 6.45) is -10.5. The van der Waals surface area contributed by atoms with Gasteiger partial charge in [-0.05, 0) is 0 Å². The molecule has 0 fully saturated rings. The Kier molecular flexibility index (Phi) is 5.62. The summed E-state index contributed by atoms with van der Waals surface area (Å²) in [7, 11) is 0. The van der Waals surface area contributed by atoms with Crippen LogP contribution in [0.5, 0.6) is 0 Å². The van der Waals surface area contributed by atoms with Crippen molar-refractivity contribution >= 4 is 11.9 Å². The van der Waals surface area contributed by atoms with Crippen LogP contribution in [0.2, 0.25) is 0 Å². The second-order valence-electron chi connectivity index (χ2n) is 3.67. The highest BCUT2D eigenvalue weighted by Gasteiger charge is 2.72. The Balaban J connectivity index is 5.45. The molecule has 0 saturated heterocycles. The molecule has 0 aromatic rings. The highest BCUT2D eigenvalue weighted by Crippen LogP contribution is 2.42. The average Bonchev–Trinajstić information content (AvgIpc) is 2.37. The summed E-state index contributed by atoms with van der Waals surface area (Å²) < 4.78 is 149. The number of hydrogen-bond donors (Lipinski definition) is 0. The summed E-state index contributed by atoms with van der Waals surface area (Å²) in [5, 5.41) is 0. The maximum Gasteiger partial charge on any atom is 0.410 e. The van der Waals surface area contributed by atoms with Crippen LogP contribution < -0.4 is 0 Å². The van der Waals surface area contributed by atoms with Crippen molar-refractivity contribution < 1.29 is 67.0 Å². The largest absolute Gasteiger partial charge is 0.410 e. The number of halogens is 12. The third-order valence-corrected chi connectivity index (χ3v) is 2.08. The van der Waals surface area contributed by atoms with E-state index < -0.39 is 48.5 Å². The normalized spacial score (nSPS) is 14.3. The Labute approximate surface area is 117 Å². The Bertz CT molecular complexity index is 429. The van der Waals surface area contributed by atoms with Crippen molar-refractivity contribution in [1.82, 2.24) is 0 Å². The van der Waals surface area contributed by atoms with Crippen LogP contribution in [0.1, 0.15) is 0 Å². The van der Waals surface area contributed by atoms with Crippen LogP contribution in [-0.2, 0) is 14.3 Å². The average molecular weight is 374 g/mol. The third-order valence-electron chi connectivity index (χ3n) is 2.08. The highest BCUT2D eigenvalue weighted by atomic mass is 19.4. The molecular weight excluding hydrogens is 372 g/mol. The summed E-state index contributed by atoms with van der Waals surface area (Å²) in [5.41, 5.74) is 0. The van der Waals surface area contributed by atoms with Crippen LogP contribution in [0, 0.1) is 0 Å². The van der Waals surface area contributed by atoms with Crippen molar-refractivity contribution in [2.75, 3.05) is 0 Å². The number of rotatable bonds is 6. The molecule has 0 rings (SSSR count). The van der Waals surface area contributed by atoms with E-state index in [-0.39, 0.29) is 0 Å². The molecule has 0 aromatic carbocycles. The first-order valence-electron chi connectivity index (χ1n) is 4.78. The van der Waals surface area contributed by atoms with Gasteiger partial charge in [0.15, 0.2) is 0 Å². The van der Waals surface area contributed by atoms with E-state index in [0.29, 0.717) is 0 Å². The van der Waals surface area contributed by atoms with Crippen LogP contribution in [0.4, 0.5) is 52.7 Å². The second-order valence-corrected chi connectivity index (χ2v) is 3.67. The summed E-state index contributed by atoms with van der Waals surface area (Å²) in [6.45, 7) is 0. The summed E-state index contributed by atoms with van der Waals surface area (Å²) in [6, 6.07) is 0. The van der Waals surface area contributed by atoms with Crippen LogP contribution in [0.25, 0.3) is 0 Å². The molecule has 0 aliphatic heterocycles. The molecule has 0 aliphatic carbocycles. The zero-order valence-corrected chi connectivity index (χ0v) is 9.92. The van der Waals surface area contributed by atoms with Gasteiger partial charge in [0.25, 0.3) is 0 Å². The Morgan fingerprint density at radius 2 is 0.826 bits per heavy atom. The molecule has 0 amide bonds. The Hall–Kier alpha value is -1.70. The molecule has 0 atom stereocenters. The minimum Gasteiger partial charge on any atom is -0.384 e. The minimum absolute atomic E-state index is 2.25. The lowest BCUT2D eigenvalue weighted by atomic mass is 10.1. The zero-order chi connectivity index (χ0) is 19.0. The Morgan fingerprint density at radius 1 is 0.609 bits per heavy atom. The van der Waals surface area contributed by atoms with Gasteiger partial charge < -0.3 is 4.74 Å². The summed E-state index contributed by atoms with van der Waals surface area (Å²) in [5.74, 6) is -34.3. The molecule has 0 aromatic heterocycles. The van der Waals surface area contributed by atoms with E-state index in [1.54, 1.807) is 0 Å². The maximum absolute atomic E-state index is 12.6. The summed E-state index contributed by atoms with van der Waals surface area (Å²) in [4.78, 5) is 20.8. The fraction of sp³-hybridized carbons (Fsp3) is 0.750. The lowest BCUT2D eigenvalue weighted by molar-refractivity contribution is -0.278. The molecule has 136 valence electrons. The predicted octanol–water partition coefficient (Wildman–Crippen LogP) is 3.13. The lowest BCUT2D eigenvalue weighted by Crippen LogP contribution is -2.56. The first-order valence-corrected chi connectivity index (χ1v) is 4.78. The highest BCUT2D eigenvalue weighted by molar-refractivity contribution is 5.93. The van der Waals surface area contributed by atoms with Crippen LogP contribution in [0.3, 0.4) is 0 Å². The molecule has 23 heavy (non-hydrogen) atoms. The van der Waals surface area contributed by atoms with Crippen LogP contribution >= 0.6 is 0 Å². The number of alkyl halides is 12. The Morgan fingerprint density at radius 3 is 1.00 bits per heavy atom. The molecule has 0 bridgehead atoms. The topological polar surface area (TPSA) is 43.4 Å². The van der Waals surface area contributed by atoms with Crippen LogP contribution in [-0.4, -0.2) is 48.5 Å². The SMILES string of the molecule is O=C(OC(=O)C(F)(F)C(F)(F)C(F)F)C(F)(F)C(F)(F)C(F)F. The number of hydrogen-bond acceptors (Lipinski definition) is 3. The second kappa shape index (κ2) is 6.07. The van der Waals surface area contributed by atoms with E-state index in [2.05, 4.69) is 4.74 Å². The molecule has 0 radical (unpaired) electrons. The quantitative estimate of drug-likeness (QED) is 0.408. The van der Waals surface area contributed by atoms with Gasteiger partial charge in [0.05, 0.1) is 0 Å². The van der Waals surface area contributed by atoms with Gasteiger partial charge in [-0.3, -0.25) is 0 Å². The molecular formula is C8H2F12O3. The molecule has 0 spiro atoms. The fourth-order valence-corrected chi connectivity index (χ4v) is 0.759. The number of carbonyl (C=O) groups is 2. The van der Waals surface area contributed by atoms with E-state index >= 15 is 0 Å². The van der Waals surface area contributed by atoms with E-state index in [9.17, 15) is 62.3 Å². The number of carbonyl (C=O) groups excluding carboxylic acids is 2. The third kappa shape index (κ3) is 3.46. The molecule has 15 heteroatoms. The maximum atomic E-state index is 12.6. The van der Waals surface area contributed by atoms with Gasteiger partial charge in [0.2, 0.25) is 0 Å². The smallest absolute Gasteiger partial charge is 0.384 e. The minimum atomic E-state index is -6.59. The van der Waals surface area contributed by atoms with Crippen molar-refractivity contribution in [3.63, 3.8) is 0 Å². The van der Waals surface area contributed by atoms with E-state index in [4.69, 9.17) is 0 Å². The predicted molar refractivity (Wildman–Crippen MR) is 42.9 cm³/mol. The molecule has 0 saturated carbocycles. The summed E-state index contributed by atoms with van der Waals surface area (Å²) >= 11 is 0. The molecule has 0 heterocycles. The fourth-order valence-electron chi connectivity index (χ4n) is 0.759. The van der Waals surface area contributed by atoms with Gasteiger partial charge in [-0.15, -0.1) is 0 Å². The van der Waals surface area contributed by atoms with E-state index in [1.165, 1.54) is 0 Å². The molecule has 0 N–H and O–H groups in total. The number of ether oxygens (including phenoxy) is 1. The van der Waals surface area contributed by atoms with Crippen LogP contribution in [0.15, 0.2) is 0 Å². The molecule has 0 aliphatic rings. The first-order chi connectivity index (χ1) is 9.94. The van der Waals surface area contributed by atoms with Gasteiger partial charge in [-0.25, -0.2) is 27.2 Å².